The van der Waals surface area contributed by atoms with Crippen LogP contribution in [0.25, 0.3) is 0 Å². The third kappa shape index (κ3) is 2.70. The SMILES string of the molecule is CN(c1cc(C2CCC2)ccc1[N+](=O)[O-])S(C)(=O)=O. The van der Waals surface area contributed by atoms with Gasteiger partial charge in [-0.25, -0.2) is 8.42 Å². The molecular formula is C12H16N2O4S. The second-order valence-electron chi connectivity index (χ2n) is 4.86. The van der Waals surface area contributed by atoms with Gasteiger partial charge in [-0.15, -0.1) is 0 Å². The van der Waals surface area contributed by atoms with E-state index in [0.29, 0.717) is 5.92 Å². The van der Waals surface area contributed by atoms with Crippen molar-refractivity contribution in [2.24, 2.45) is 0 Å². The minimum absolute atomic E-state index is 0.136. The van der Waals surface area contributed by atoms with Gasteiger partial charge in [0.05, 0.1) is 11.2 Å². The largest absolute Gasteiger partial charge is 0.293 e. The Balaban J connectivity index is 2.50. The van der Waals surface area contributed by atoms with Crippen molar-refractivity contribution >= 4 is 21.4 Å². The van der Waals surface area contributed by atoms with Gasteiger partial charge in [0.1, 0.15) is 5.69 Å². The predicted octanol–water partition coefficient (Wildman–Crippen LogP) is 2.26. The summed E-state index contributed by atoms with van der Waals surface area (Å²) < 4.78 is 24.1. The van der Waals surface area contributed by atoms with E-state index in [4.69, 9.17) is 0 Å². The topological polar surface area (TPSA) is 80.5 Å². The predicted molar refractivity (Wildman–Crippen MR) is 72.9 cm³/mol. The number of sulfonamides is 1. The highest BCUT2D eigenvalue weighted by atomic mass is 32.2. The molecule has 0 saturated heterocycles. The second-order valence-corrected chi connectivity index (χ2v) is 6.88. The molecule has 1 saturated carbocycles. The number of rotatable bonds is 4. The van der Waals surface area contributed by atoms with Gasteiger partial charge in [-0.1, -0.05) is 12.5 Å². The third-order valence-corrected chi connectivity index (χ3v) is 4.80. The van der Waals surface area contributed by atoms with Gasteiger partial charge in [-0.3, -0.25) is 14.4 Å². The Morgan fingerprint density at radius 3 is 2.42 bits per heavy atom. The molecule has 0 aromatic heterocycles. The van der Waals surface area contributed by atoms with Crippen LogP contribution < -0.4 is 4.31 Å². The molecule has 0 unspecified atom stereocenters. The molecule has 0 radical (unpaired) electrons. The van der Waals surface area contributed by atoms with E-state index in [1.807, 2.05) is 0 Å². The van der Waals surface area contributed by atoms with Crippen molar-refractivity contribution in [2.45, 2.75) is 25.2 Å². The van der Waals surface area contributed by atoms with Crippen LogP contribution in [0.15, 0.2) is 18.2 Å². The van der Waals surface area contributed by atoms with Gasteiger partial charge in [0, 0.05) is 13.1 Å². The van der Waals surface area contributed by atoms with E-state index in [-0.39, 0.29) is 11.4 Å². The summed E-state index contributed by atoms with van der Waals surface area (Å²) in [6.45, 7) is 0. The fourth-order valence-corrected chi connectivity index (χ4v) is 2.62. The van der Waals surface area contributed by atoms with Crippen molar-refractivity contribution in [2.75, 3.05) is 17.6 Å². The Hall–Kier alpha value is -1.63. The number of nitro benzene ring substituents is 1. The molecular weight excluding hydrogens is 268 g/mol. The smallest absolute Gasteiger partial charge is 0.267 e. The zero-order valence-corrected chi connectivity index (χ0v) is 11.7. The van der Waals surface area contributed by atoms with E-state index in [9.17, 15) is 18.5 Å². The standard InChI is InChI=1S/C12H16N2O4S/c1-13(19(2,17)18)12-8-10(9-4-3-5-9)6-7-11(12)14(15)16/h6-9H,3-5H2,1-2H3. The maximum atomic E-state index is 11.6. The van der Waals surface area contributed by atoms with Crippen LogP contribution in [-0.2, 0) is 10.0 Å². The molecule has 6 nitrogen and oxygen atoms in total. The van der Waals surface area contributed by atoms with Crippen molar-refractivity contribution in [3.63, 3.8) is 0 Å². The lowest BCUT2D eigenvalue weighted by molar-refractivity contribution is -0.384. The van der Waals surface area contributed by atoms with Gasteiger partial charge in [0.15, 0.2) is 0 Å². The first kappa shape index (κ1) is 13.8. The summed E-state index contributed by atoms with van der Waals surface area (Å²) in [4.78, 5) is 10.4. The lowest BCUT2D eigenvalue weighted by Gasteiger charge is -2.27. The van der Waals surface area contributed by atoms with E-state index in [1.54, 1.807) is 12.1 Å². The van der Waals surface area contributed by atoms with Crippen molar-refractivity contribution in [3.8, 4) is 0 Å². The Labute approximate surface area is 112 Å². The first-order valence-corrected chi connectivity index (χ1v) is 7.88. The van der Waals surface area contributed by atoms with Crippen LogP contribution in [0.5, 0.6) is 0 Å². The van der Waals surface area contributed by atoms with E-state index < -0.39 is 14.9 Å². The third-order valence-electron chi connectivity index (χ3n) is 3.61. The molecule has 1 aliphatic carbocycles. The van der Waals surface area contributed by atoms with E-state index in [2.05, 4.69) is 0 Å². The molecule has 0 N–H and O–H groups in total. The Bertz CT molecular complexity index is 608. The summed E-state index contributed by atoms with van der Waals surface area (Å²) in [6.07, 6.45) is 4.30. The van der Waals surface area contributed by atoms with Gasteiger partial charge in [-0.05, 0) is 30.4 Å². The monoisotopic (exact) mass is 284 g/mol. The average Bonchev–Trinajstić information content (AvgIpc) is 2.24. The number of hydrogen-bond acceptors (Lipinski definition) is 4. The van der Waals surface area contributed by atoms with Crippen LogP contribution in [0, 0.1) is 10.1 Å². The number of nitrogens with zero attached hydrogens (tertiary/aromatic N) is 2. The summed E-state index contributed by atoms with van der Waals surface area (Å²) in [7, 11) is -2.18. The summed E-state index contributed by atoms with van der Waals surface area (Å²) in [6, 6.07) is 4.75. The molecule has 1 fully saturated rings. The van der Waals surface area contributed by atoms with Gasteiger partial charge in [0.25, 0.3) is 5.69 Å². The Morgan fingerprint density at radius 2 is 2.00 bits per heavy atom. The van der Waals surface area contributed by atoms with Crippen molar-refractivity contribution in [1.29, 1.82) is 0 Å². The normalized spacial score (nSPS) is 15.9. The Kier molecular flexibility index (Phi) is 3.49. The summed E-state index contributed by atoms with van der Waals surface area (Å²) in [5, 5.41) is 11.0. The van der Waals surface area contributed by atoms with Gasteiger partial charge >= 0.3 is 0 Å². The van der Waals surface area contributed by atoms with Crippen LogP contribution in [0.2, 0.25) is 0 Å². The van der Waals surface area contributed by atoms with E-state index in [1.165, 1.54) is 13.1 Å². The molecule has 1 aliphatic rings. The summed E-state index contributed by atoms with van der Waals surface area (Å²) >= 11 is 0. The zero-order chi connectivity index (χ0) is 14.2. The average molecular weight is 284 g/mol. The minimum atomic E-state index is -3.51. The fourth-order valence-electron chi connectivity index (χ4n) is 2.12. The Morgan fingerprint density at radius 1 is 1.37 bits per heavy atom. The lowest BCUT2D eigenvalue weighted by Crippen LogP contribution is -2.26. The molecule has 0 aliphatic heterocycles. The summed E-state index contributed by atoms with van der Waals surface area (Å²) in [5.74, 6) is 0.396. The molecule has 0 spiro atoms. The quantitative estimate of drug-likeness (QED) is 0.627. The highest BCUT2D eigenvalue weighted by Crippen LogP contribution is 2.40. The first-order valence-electron chi connectivity index (χ1n) is 6.03. The van der Waals surface area contributed by atoms with Crippen LogP contribution in [0.4, 0.5) is 11.4 Å². The van der Waals surface area contributed by atoms with Crippen molar-refractivity contribution in [1.82, 2.24) is 0 Å². The van der Waals surface area contributed by atoms with Crippen LogP contribution in [0.3, 0.4) is 0 Å². The number of hydrogen-bond donors (Lipinski definition) is 0. The van der Waals surface area contributed by atoms with Gasteiger partial charge in [0.2, 0.25) is 10.0 Å². The molecule has 1 aromatic rings. The maximum absolute atomic E-state index is 11.6. The molecule has 0 amide bonds. The van der Waals surface area contributed by atoms with Crippen molar-refractivity contribution < 1.29 is 13.3 Å². The maximum Gasteiger partial charge on any atom is 0.293 e. The van der Waals surface area contributed by atoms with E-state index >= 15 is 0 Å². The van der Waals surface area contributed by atoms with Gasteiger partial charge in [-0.2, -0.15) is 0 Å². The van der Waals surface area contributed by atoms with Crippen LogP contribution >= 0.6 is 0 Å². The number of nitro groups is 1. The van der Waals surface area contributed by atoms with Crippen LogP contribution in [-0.4, -0.2) is 26.6 Å². The molecule has 2 rings (SSSR count). The highest BCUT2D eigenvalue weighted by molar-refractivity contribution is 7.92. The van der Waals surface area contributed by atoms with E-state index in [0.717, 1.165) is 35.4 Å². The minimum Gasteiger partial charge on any atom is -0.267 e. The van der Waals surface area contributed by atoms with Gasteiger partial charge < -0.3 is 0 Å². The number of anilines is 1. The molecule has 0 bridgehead atoms. The van der Waals surface area contributed by atoms with Crippen molar-refractivity contribution in [3.05, 3.63) is 33.9 Å². The fraction of sp³-hybridized carbons (Fsp3) is 0.500. The lowest BCUT2D eigenvalue weighted by atomic mass is 9.80. The summed E-state index contributed by atoms with van der Waals surface area (Å²) in [5.41, 5.74) is 0.926. The molecule has 7 heteroatoms. The molecule has 104 valence electrons. The number of benzene rings is 1. The molecule has 19 heavy (non-hydrogen) atoms. The zero-order valence-electron chi connectivity index (χ0n) is 10.9. The molecule has 0 heterocycles. The molecule has 1 aromatic carbocycles. The highest BCUT2D eigenvalue weighted by Gasteiger charge is 2.26. The van der Waals surface area contributed by atoms with Crippen LogP contribution in [0.1, 0.15) is 30.7 Å². The first-order chi connectivity index (χ1) is 8.80. The molecule has 0 atom stereocenters. The second kappa shape index (κ2) is 4.80.